The highest BCUT2D eigenvalue weighted by atomic mass is 16.5. The number of ether oxygens (including phenoxy) is 1. The van der Waals surface area contributed by atoms with Crippen LogP contribution < -0.4 is 5.32 Å². The van der Waals surface area contributed by atoms with Crippen LogP contribution >= 0.6 is 0 Å². The van der Waals surface area contributed by atoms with Crippen LogP contribution in [0.3, 0.4) is 0 Å². The van der Waals surface area contributed by atoms with E-state index in [0.717, 1.165) is 37.0 Å². The smallest absolute Gasteiger partial charge is 0.338 e. The third kappa shape index (κ3) is 3.89. The molecule has 0 saturated heterocycles. The molecule has 5 rings (SSSR count). The summed E-state index contributed by atoms with van der Waals surface area (Å²) >= 11 is 0. The van der Waals surface area contributed by atoms with Crippen LogP contribution in [0.25, 0.3) is 0 Å². The lowest BCUT2D eigenvalue weighted by molar-refractivity contribution is -0.140. The fourth-order valence-corrected chi connectivity index (χ4v) is 5.98. The van der Waals surface area contributed by atoms with Crippen molar-refractivity contribution in [3.8, 4) is 0 Å². The van der Waals surface area contributed by atoms with Gasteiger partial charge in [-0.25, -0.2) is 4.79 Å². The van der Waals surface area contributed by atoms with Crippen molar-refractivity contribution < 1.29 is 19.1 Å². The molecule has 2 amide bonds. The van der Waals surface area contributed by atoms with Crippen LogP contribution in [-0.4, -0.2) is 42.9 Å². The number of nitrogens with one attached hydrogen (secondary N) is 1. The molecular formula is C23H30N2O4. The number of carbonyl (C=O) groups excluding carboxylic acids is 3. The Labute approximate surface area is 172 Å². The van der Waals surface area contributed by atoms with Crippen molar-refractivity contribution in [1.82, 2.24) is 4.90 Å². The van der Waals surface area contributed by atoms with E-state index in [4.69, 9.17) is 4.74 Å². The molecule has 156 valence electrons. The van der Waals surface area contributed by atoms with Gasteiger partial charge in [0.15, 0.2) is 6.10 Å². The van der Waals surface area contributed by atoms with Gasteiger partial charge in [-0.15, -0.1) is 0 Å². The minimum atomic E-state index is -0.840. The average Bonchev–Trinajstić information content (AvgIpc) is 2.66. The van der Waals surface area contributed by atoms with E-state index in [1.54, 1.807) is 45.3 Å². The topological polar surface area (TPSA) is 75.7 Å². The number of likely N-dealkylation sites (N-methyl/N-ethyl adjacent to an activating group) is 1. The summed E-state index contributed by atoms with van der Waals surface area (Å²) in [5.41, 5.74) is 0.852. The van der Waals surface area contributed by atoms with Crippen LogP contribution in [0.1, 0.15) is 55.8 Å². The molecule has 1 aromatic rings. The first kappa shape index (κ1) is 19.9. The van der Waals surface area contributed by atoms with Crippen LogP contribution in [0.2, 0.25) is 0 Å². The molecule has 0 radical (unpaired) electrons. The van der Waals surface area contributed by atoms with Gasteiger partial charge in [-0.2, -0.15) is 0 Å². The van der Waals surface area contributed by atoms with Crippen molar-refractivity contribution in [2.45, 2.75) is 51.6 Å². The molecule has 0 heterocycles. The molecule has 4 bridgehead atoms. The Hall–Kier alpha value is -2.37. The number of esters is 1. The van der Waals surface area contributed by atoms with Crippen molar-refractivity contribution in [3.05, 3.63) is 29.8 Å². The van der Waals surface area contributed by atoms with Crippen molar-refractivity contribution in [2.24, 2.45) is 23.2 Å². The second-order valence-corrected chi connectivity index (χ2v) is 9.51. The Kier molecular flexibility index (Phi) is 5.13. The van der Waals surface area contributed by atoms with Crippen LogP contribution in [0.5, 0.6) is 0 Å². The SMILES string of the molecule is C[C@H](OC(=O)c1ccc(NC(=O)C23CC4CC(CC(C4)C2)C3)cc1)C(=O)N(C)C. The maximum atomic E-state index is 13.1. The Balaban J connectivity index is 1.38. The highest BCUT2D eigenvalue weighted by molar-refractivity contribution is 5.97. The highest BCUT2D eigenvalue weighted by Crippen LogP contribution is 2.60. The van der Waals surface area contributed by atoms with Crippen molar-refractivity contribution in [2.75, 3.05) is 19.4 Å². The molecule has 4 aliphatic rings. The molecule has 0 spiro atoms. The van der Waals surface area contributed by atoms with Crippen molar-refractivity contribution >= 4 is 23.5 Å². The van der Waals surface area contributed by atoms with Crippen LogP contribution in [0.4, 0.5) is 5.69 Å². The summed E-state index contributed by atoms with van der Waals surface area (Å²) in [5.74, 6) is 1.48. The number of hydrogen-bond donors (Lipinski definition) is 1. The van der Waals surface area contributed by atoms with Gasteiger partial charge in [0.2, 0.25) is 5.91 Å². The van der Waals surface area contributed by atoms with Crippen molar-refractivity contribution in [3.63, 3.8) is 0 Å². The van der Waals surface area contributed by atoms with Gasteiger partial charge in [0, 0.05) is 19.8 Å². The first-order valence-corrected chi connectivity index (χ1v) is 10.6. The number of benzene rings is 1. The molecule has 0 unspecified atom stereocenters. The van der Waals surface area contributed by atoms with Gasteiger partial charge in [-0.05, 0) is 87.5 Å². The largest absolute Gasteiger partial charge is 0.449 e. The first-order valence-electron chi connectivity index (χ1n) is 10.6. The first-order chi connectivity index (χ1) is 13.8. The maximum Gasteiger partial charge on any atom is 0.338 e. The molecule has 4 fully saturated rings. The van der Waals surface area contributed by atoms with Gasteiger partial charge in [0.05, 0.1) is 11.0 Å². The number of hydrogen-bond acceptors (Lipinski definition) is 4. The van der Waals surface area contributed by atoms with Gasteiger partial charge in [0.25, 0.3) is 5.91 Å². The number of anilines is 1. The molecular weight excluding hydrogens is 368 g/mol. The zero-order chi connectivity index (χ0) is 20.8. The predicted octanol–water partition coefficient (Wildman–Crippen LogP) is 3.48. The van der Waals surface area contributed by atoms with Crippen LogP contribution in [-0.2, 0) is 14.3 Å². The summed E-state index contributed by atoms with van der Waals surface area (Å²) in [7, 11) is 3.24. The van der Waals surface area contributed by atoms with E-state index in [2.05, 4.69) is 5.32 Å². The summed E-state index contributed by atoms with van der Waals surface area (Å²) in [6, 6.07) is 6.72. The Bertz CT molecular complexity index is 779. The van der Waals surface area contributed by atoms with Gasteiger partial charge in [0.1, 0.15) is 0 Å². The molecule has 0 aliphatic heterocycles. The Morgan fingerprint density at radius 2 is 1.52 bits per heavy atom. The molecule has 6 nitrogen and oxygen atoms in total. The Morgan fingerprint density at radius 3 is 2.00 bits per heavy atom. The lowest BCUT2D eigenvalue weighted by Crippen LogP contribution is -2.51. The van der Waals surface area contributed by atoms with Gasteiger partial charge < -0.3 is 15.0 Å². The molecule has 29 heavy (non-hydrogen) atoms. The summed E-state index contributed by atoms with van der Waals surface area (Å²) in [6.45, 7) is 1.56. The molecule has 1 N–H and O–H groups in total. The Morgan fingerprint density at radius 1 is 1.00 bits per heavy atom. The number of nitrogens with zero attached hydrogens (tertiary/aromatic N) is 1. The number of rotatable bonds is 5. The molecule has 0 aromatic heterocycles. The zero-order valence-electron chi connectivity index (χ0n) is 17.4. The molecule has 4 saturated carbocycles. The predicted molar refractivity (Wildman–Crippen MR) is 109 cm³/mol. The van der Waals surface area contributed by atoms with Crippen molar-refractivity contribution in [1.29, 1.82) is 0 Å². The standard InChI is InChI=1S/C23H30N2O4/c1-14(20(26)25(2)3)29-21(27)18-4-6-19(7-5-18)24-22(28)23-11-15-8-16(12-23)10-17(9-15)13-23/h4-7,14-17H,8-13H2,1-3H3,(H,24,28)/t14-,15?,16?,17?,23?/m0/s1. The molecule has 1 aromatic carbocycles. The van der Waals surface area contributed by atoms with E-state index in [9.17, 15) is 14.4 Å². The van der Waals surface area contributed by atoms with Crippen LogP contribution in [0.15, 0.2) is 24.3 Å². The normalized spacial score (nSPS) is 30.5. The van der Waals surface area contributed by atoms with E-state index in [1.807, 2.05) is 0 Å². The summed E-state index contributed by atoms with van der Waals surface area (Å²) < 4.78 is 5.23. The van der Waals surface area contributed by atoms with E-state index < -0.39 is 12.1 Å². The molecule has 1 atom stereocenters. The number of carbonyl (C=O) groups is 3. The minimum absolute atomic E-state index is 0.136. The molecule has 4 aliphatic carbocycles. The van der Waals surface area contributed by atoms with Gasteiger partial charge in [-0.3, -0.25) is 9.59 Å². The second kappa shape index (κ2) is 7.47. The minimum Gasteiger partial charge on any atom is -0.449 e. The maximum absolute atomic E-state index is 13.1. The van der Waals surface area contributed by atoms with E-state index in [1.165, 1.54) is 24.2 Å². The molecule has 6 heteroatoms. The summed E-state index contributed by atoms with van der Waals surface area (Å²) in [6.07, 6.45) is 6.13. The van der Waals surface area contributed by atoms with E-state index >= 15 is 0 Å². The van der Waals surface area contributed by atoms with Crippen LogP contribution in [0, 0.1) is 23.2 Å². The van der Waals surface area contributed by atoms with Gasteiger partial charge >= 0.3 is 5.97 Å². The highest BCUT2D eigenvalue weighted by Gasteiger charge is 2.54. The third-order valence-electron chi connectivity index (χ3n) is 6.97. The number of amides is 2. The lowest BCUT2D eigenvalue weighted by atomic mass is 9.49. The van der Waals surface area contributed by atoms with Gasteiger partial charge in [-0.1, -0.05) is 0 Å². The summed E-state index contributed by atoms with van der Waals surface area (Å²) in [4.78, 5) is 38.6. The fourth-order valence-electron chi connectivity index (χ4n) is 5.98. The average molecular weight is 399 g/mol. The monoisotopic (exact) mass is 398 g/mol. The summed E-state index contributed by atoms with van der Waals surface area (Å²) in [5, 5.41) is 3.09. The quantitative estimate of drug-likeness (QED) is 0.771. The fraction of sp³-hybridized carbons (Fsp3) is 0.609. The zero-order valence-corrected chi connectivity index (χ0v) is 17.4. The third-order valence-corrected chi connectivity index (χ3v) is 6.97. The second-order valence-electron chi connectivity index (χ2n) is 9.51. The van der Waals surface area contributed by atoms with E-state index in [-0.39, 0.29) is 17.2 Å². The van der Waals surface area contributed by atoms with E-state index in [0.29, 0.717) is 11.3 Å². The lowest BCUT2D eigenvalue weighted by Gasteiger charge is -2.55.